The van der Waals surface area contributed by atoms with Gasteiger partial charge in [-0.2, -0.15) is 0 Å². The summed E-state index contributed by atoms with van der Waals surface area (Å²) < 4.78 is 5.27. The lowest BCUT2D eigenvalue weighted by molar-refractivity contribution is -0.115. The molecule has 1 unspecified atom stereocenters. The van der Waals surface area contributed by atoms with Gasteiger partial charge in [0.1, 0.15) is 5.75 Å². The second-order valence-corrected chi connectivity index (χ2v) is 7.01. The van der Waals surface area contributed by atoms with Gasteiger partial charge >= 0.3 is 0 Å². The standard InChI is InChI=1S/C25H28N2O2/c1-4-19-12-8-9-18(2)24(19)27-23(28)17-26-25(20-10-6-5-7-11-20)21-13-15-22(29-3)16-14-21/h5-16,25-26H,4,17H2,1-3H3,(H,27,28). The van der Waals surface area contributed by atoms with E-state index in [1.165, 1.54) is 0 Å². The predicted molar refractivity (Wildman–Crippen MR) is 118 cm³/mol. The molecular weight excluding hydrogens is 360 g/mol. The first-order chi connectivity index (χ1) is 14.1. The second-order valence-electron chi connectivity index (χ2n) is 7.01. The molecule has 4 heteroatoms. The smallest absolute Gasteiger partial charge is 0.238 e. The van der Waals surface area contributed by atoms with Crippen molar-refractivity contribution < 1.29 is 9.53 Å². The number of nitrogens with one attached hydrogen (secondary N) is 2. The van der Waals surface area contributed by atoms with Gasteiger partial charge in [-0.15, -0.1) is 0 Å². The molecule has 150 valence electrons. The van der Waals surface area contributed by atoms with Crippen molar-refractivity contribution in [2.45, 2.75) is 26.3 Å². The van der Waals surface area contributed by atoms with Gasteiger partial charge < -0.3 is 10.1 Å². The van der Waals surface area contributed by atoms with Crippen molar-refractivity contribution in [3.63, 3.8) is 0 Å². The molecule has 3 aromatic rings. The van der Waals surface area contributed by atoms with Gasteiger partial charge in [-0.25, -0.2) is 0 Å². The minimum Gasteiger partial charge on any atom is -0.497 e. The number of benzene rings is 3. The molecule has 0 saturated carbocycles. The lowest BCUT2D eigenvalue weighted by atomic mass is 9.98. The highest BCUT2D eigenvalue weighted by molar-refractivity contribution is 5.93. The van der Waals surface area contributed by atoms with E-state index in [0.29, 0.717) is 0 Å². The number of anilines is 1. The third kappa shape index (κ3) is 5.24. The summed E-state index contributed by atoms with van der Waals surface area (Å²) in [7, 11) is 1.66. The van der Waals surface area contributed by atoms with Crippen LogP contribution in [0.5, 0.6) is 5.75 Å². The number of ether oxygens (including phenoxy) is 1. The highest BCUT2D eigenvalue weighted by Gasteiger charge is 2.16. The van der Waals surface area contributed by atoms with Crippen molar-refractivity contribution in [1.82, 2.24) is 5.32 Å². The van der Waals surface area contributed by atoms with Gasteiger partial charge in [0.15, 0.2) is 0 Å². The Labute approximate surface area is 172 Å². The van der Waals surface area contributed by atoms with Crippen LogP contribution in [0.2, 0.25) is 0 Å². The van der Waals surface area contributed by atoms with Crippen LogP contribution in [0.3, 0.4) is 0 Å². The van der Waals surface area contributed by atoms with Crippen molar-refractivity contribution in [3.8, 4) is 5.75 Å². The van der Waals surface area contributed by atoms with Crippen LogP contribution in [-0.2, 0) is 11.2 Å². The molecule has 0 aromatic heterocycles. The SMILES string of the molecule is CCc1cccc(C)c1NC(=O)CNC(c1ccccc1)c1ccc(OC)cc1. The molecule has 0 aliphatic carbocycles. The van der Waals surface area contributed by atoms with E-state index in [4.69, 9.17) is 4.74 Å². The molecule has 29 heavy (non-hydrogen) atoms. The molecule has 0 radical (unpaired) electrons. The summed E-state index contributed by atoms with van der Waals surface area (Å²) in [5.41, 5.74) is 5.33. The summed E-state index contributed by atoms with van der Waals surface area (Å²) in [6.07, 6.45) is 0.878. The van der Waals surface area contributed by atoms with Crippen LogP contribution in [0, 0.1) is 6.92 Å². The number of carbonyl (C=O) groups excluding carboxylic acids is 1. The zero-order valence-corrected chi connectivity index (χ0v) is 17.2. The van der Waals surface area contributed by atoms with Crippen LogP contribution >= 0.6 is 0 Å². The van der Waals surface area contributed by atoms with Crippen LogP contribution in [0.1, 0.15) is 35.2 Å². The largest absolute Gasteiger partial charge is 0.497 e. The first-order valence-electron chi connectivity index (χ1n) is 9.93. The number of para-hydroxylation sites is 1. The lowest BCUT2D eigenvalue weighted by Crippen LogP contribution is -2.32. The van der Waals surface area contributed by atoms with Gasteiger partial charge in [-0.05, 0) is 47.7 Å². The molecular formula is C25H28N2O2. The van der Waals surface area contributed by atoms with Gasteiger partial charge in [0.25, 0.3) is 0 Å². The fourth-order valence-electron chi connectivity index (χ4n) is 3.45. The number of methoxy groups -OCH3 is 1. The summed E-state index contributed by atoms with van der Waals surface area (Å²) in [6.45, 7) is 4.33. The van der Waals surface area contributed by atoms with Crippen LogP contribution < -0.4 is 15.4 Å². The number of carbonyl (C=O) groups is 1. The van der Waals surface area contributed by atoms with Gasteiger partial charge in [-0.1, -0.05) is 67.6 Å². The Morgan fingerprint density at radius 3 is 2.28 bits per heavy atom. The van der Waals surface area contributed by atoms with Gasteiger partial charge in [0, 0.05) is 5.69 Å². The van der Waals surface area contributed by atoms with Crippen LogP contribution in [-0.4, -0.2) is 19.6 Å². The Morgan fingerprint density at radius 1 is 0.931 bits per heavy atom. The van der Waals surface area contributed by atoms with E-state index in [1.54, 1.807) is 7.11 Å². The average Bonchev–Trinajstić information content (AvgIpc) is 2.76. The molecule has 0 heterocycles. The normalized spacial score (nSPS) is 11.7. The van der Waals surface area contributed by atoms with Gasteiger partial charge in [-0.3, -0.25) is 10.1 Å². The topological polar surface area (TPSA) is 50.4 Å². The minimum absolute atomic E-state index is 0.0524. The van der Waals surface area contributed by atoms with Crippen molar-refractivity contribution in [1.29, 1.82) is 0 Å². The Hall–Kier alpha value is -3.11. The van der Waals surface area contributed by atoms with Crippen LogP contribution in [0.4, 0.5) is 5.69 Å². The third-order valence-electron chi connectivity index (χ3n) is 5.05. The molecule has 0 spiro atoms. The van der Waals surface area contributed by atoms with Crippen LogP contribution in [0.15, 0.2) is 72.8 Å². The van der Waals surface area contributed by atoms with Crippen molar-refractivity contribution >= 4 is 11.6 Å². The Bertz CT molecular complexity index is 937. The van der Waals surface area contributed by atoms with Gasteiger partial charge in [0.2, 0.25) is 5.91 Å². The second kappa shape index (κ2) is 9.89. The van der Waals surface area contributed by atoms with Crippen molar-refractivity contribution in [3.05, 3.63) is 95.1 Å². The number of aryl methyl sites for hydroxylation is 2. The summed E-state index contributed by atoms with van der Waals surface area (Å²) in [6, 6.07) is 24.1. The molecule has 3 rings (SSSR count). The molecule has 4 nitrogen and oxygen atoms in total. The van der Waals surface area contributed by atoms with Crippen molar-refractivity contribution in [2.75, 3.05) is 19.0 Å². The summed E-state index contributed by atoms with van der Waals surface area (Å²) in [5, 5.41) is 6.50. The molecule has 0 aliphatic rings. The van der Waals surface area contributed by atoms with E-state index in [1.807, 2.05) is 61.5 Å². The molecule has 0 aliphatic heterocycles. The maximum atomic E-state index is 12.7. The highest BCUT2D eigenvalue weighted by atomic mass is 16.5. The number of hydrogen-bond acceptors (Lipinski definition) is 3. The fourth-order valence-corrected chi connectivity index (χ4v) is 3.45. The number of hydrogen-bond donors (Lipinski definition) is 2. The Morgan fingerprint density at radius 2 is 1.62 bits per heavy atom. The quantitative estimate of drug-likeness (QED) is 0.578. The molecule has 1 atom stereocenters. The molecule has 0 bridgehead atoms. The zero-order chi connectivity index (χ0) is 20.6. The van der Waals surface area contributed by atoms with E-state index >= 15 is 0 Å². The van der Waals surface area contributed by atoms with Crippen LogP contribution in [0.25, 0.3) is 0 Å². The first-order valence-corrected chi connectivity index (χ1v) is 9.93. The maximum absolute atomic E-state index is 12.7. The minimum atomic E-state index is -0.0876. The lowest BCUT2D eigenvalue weighted by Gasteiger charge is -2.20. The Kier molecular flexibility index (Phi) is 7.04. The van der Waals surface area contributed by atoms with E-state index in [-0.39, 0.29) is 18.5 Å². The van der Waals surface area contributed by atoms with E-state index in [9.17, 15) is 4.79 Å². The van der Waals surface area contributed by atoms with E-state index < -0.39 is 0 Å². The third-order valence-corrected chi connectivity index (χ3v) is 5.05. The van der Waals surface area contributed by atoms with Gasteiger partial charge in [0.05, 0.1) is 19.7 Å². The molecule has 2 N–H and O–H groups in total. The summed E-state index contributed by atoms with van der Waals surface area (Å²) in [4.78, 5) is 12.7. The maximum Gasteiger partial charge on any atom is 0.238 e. The van der Waals surface area contributed by atoms with Crippen molar-refractivity contribution in [2.24, 2.45) is 0 Å². The fraction of sp³-hybridized carbons (Fsp3) is 0.240. The molecule has 3 aromatic carbocycles. The summed E-state index contributed by atoms with van der Waals surface area (Å²) in [5.74, 6) is 0.758. The molecule has 0 fully saturated rings. The molecule has 1 amide bonds. The van der Waals surface area contributed by atoms with E-state index in [2.05, 4.69) is 35.8 Å². The average molecular weight is 389 g/mol. The molecule has 0 saturated heterocycles. The zero-order valence-electron chi connectivity index (χ0n) is 17.2. The number of amides is 1. The van der Waals surface area contributed by atoms with E-state index in [0.717, 1.165) is 40.1 Å². The first kappa shape index (κ1) is 20.6. The highest BCUT2D eigenvalue weighted by Crippen LogP contribution is 2.24. The monoisotopic (exact) mass is 388 g/mol. The Balaban J connectivity index is 1.76. The number of rotatable bonds is 8. The summed E-state index contributed by atoms with van der Waals surface area (Å²) >= 11 is 0. The predicted octanol–water partition coefficient (Wildman–Crippen LogP) is 4.88.